The fourth-order valence-corrected chi connectivity index (χ4v) is 2.98. The molecule has 0 aliphatic rings. The molecule has 0 unspecified atom stereocenters. The van der Waals surface area contributed by atoms with Crippen LogP contribution in [-0.4, -0.2) is 20.7 Å². The smallest absolute Gasteiger partial charge is 0.291 e. The first-order valence-electron chi connectivity index (χ1n) is 7.16. The Kier molecular flexibility index (Phi) is 4.92. The second kappa shape index (κ2) is 7.11. The lowest BCUT2D eigenvalue weighted by atomic mass is 10.2. The van der Waals surface area contributed by atoms with E-state index in [0.29, 0.717) is 22.2 Å². The van der Waals surface area contributed by atoms with Crippen molar-refractivity contribution in [2.45, 2.75) is 17.8 Å². The molecular weight excluding hydrogens is 348 g/mol. The van der Waals surface area contributed by atoms with Gasteiger partial charge < -0.3 is 14.3 Å². The number of benzene rings is 1. The zero-order valence-electron chi connectivity index (χ0n) is 13.1. The van der Waals surface area contributed by atoms with Gasteiger partial charge in [-0.25, -0.2) is 0 Å². The summed E-state index contributed by atoms with van der Waals surface area (Å²) >= 11 is 7.45. The summed E-state index contributed by atoms with van der Waals surface area (Å²) in [6.45, 7) is 1.90. The van der Waals surface area contributed by atoms with Gasteiger partial charge in [-0.3, -0.25) is 4.79 Å². The summed E-state index contributed by atoms with van der Waals surface area (Å²) in [6.07, 6.45) is 1.64. The average Bonchev–Trinajstić information content (AvgIpc) is 3.18. The summed E-state index contributed by atoms with van der Waals surface area (Å²) < 4.78 is 7.43. The molecule has 0 spiro atoms. The first-order valence-corrected chi connectivity index (χ1v) is 8.52. The zero-order valence-corrected chi connectivity index (χ0v) is 14.7. The first-order chi connectivity index (χ1) is 11.5. The lowest BCUT2D eigenvalue weighted by Crippen LogP contribution is -2.11. The molecule has 3 rings (SSSR count). The summed E-state index contributed by atoms with van der Waals surface area (Å²) in [5.41, 5.74) is 1.59. The number of hydrogen-bond acceptors (Lipinski definition) is 5. The van der Waals surface area contributed by atoms with Gasteiger partial charge in [0.15, 0.2) is 10.9 Å². The van der Waals surface area contributed by atoms with Crippen LogP contribution in [0.15, 0.2) is 46.2 Å². The van der Waals surface area contributed by atoms with Crippen molar-refractivity contribution in [3.63, 3.8) is 0 Å². The number of carbonyl (C=O) groups is 1. The lowest BCUT2D eigenvalue weighted by Gasteiger charge is -2.07. The highest BCUT2D eigenvalue weighted by atomic mass is 35.5. The summed E-state index contributed by atoms with van der Waals surface area (Å²) in [5.74, 6) is 1.20. The fraction of sp³-hybridized carbons (Fsp3) is 0.188. The number of nitrogens with one attached hydrogen (secondary N) is 1. The molecule has 124 valence electrons. The third-order valence-corrected chi connectivity index (χ3v) is 4.64. The van der Waals surface area contributed by atoms with Crippen molar-refractivity contribution in [2.75, 3.05) is 5.32 Å². The maximum absolute atomic E-state index is 12.3. The van der Waals surface area contributed by atoms with Gasteiger partial charge in [0.2, 0.25) is 0 Å². The molecule has 1 amide bonds. The molecule has 3 aromatic rings. The predicted molar refractivity (Wildman–Crippen MR) is 93.4 cm³/mol. The summed E-state index contributed by atoms with van der Waals surface area (Å²) in [7, 11) is 1.87. The van der Waals surface area contributed by atoms with Crippen LogP contribution in [0.2, 0.25) is 5.02 Å². The molecular formula is C16H15ClN4O2S. The van der Waals surface area contributed by atoms with Crippen LogP contribution in [0.4, 0.5) is 5.69 Å². The third kappa shape index (κ3) is 3.80. The molecule has 0 aliphatic heterocycles. The molecule has 1 aromatic carbocycles. The maximum atomic E-state index is 12.3. The van der Waals surface area contributed by atoms with Crippen LogP contribution in [0.1, 0.15) is 21.9 Å². The topological polar surface area (TPSA) is 73.0 Å². The van der Waals surface area contributed by atoms with E-state index in [1.165, 1.54) is 11.8 Å². The molecule has 6 nitrogen and oxygen atoms in total. The van der Waals surface area contributed by atoms with Crippen LogP contribution in [0.3, 0.4) is 0 Å². The average molecular weight is 363 g/mol. The Labute approximate surface area is 148 Å². The number of furan rings is 1. The number of carbonyl (C=O) groups excluding carboxylic acids is 1. The van der Waals surface area contributed by atoms with Crippen molar-refractivity contribution in [3.05, 3.63) is 58.8 Å². The molecule has 24 heavy (non-hydrogen) atoms. The Bertz CT molecular complexity index is 875. The van der Waals surface area contributed by atoms with Crippen LogP contribution in [0.5, 0.6) is 0 Å². The predicted octanol–water partition coefficient (Wildman–Crippen LogP) is 3.91. The number of thioether (sulfide) groups is 1. The largest absolute Gasteiger partial charge is 0.455 e. The van der Waals surface area contributed by atoms with E-state index in [9.17, 15) is 4.79 Å². The van der Waals surface area contributed by atoms with Crippen molar-refractivity contribution in [1.82, 2.24) is 14.8 Å². The van der Waals surface area contributed by atoms with Crippen molar-refractivity contribution in [1.29, 1.82) is 0 Å². The van der Waals surface area contributed by atoms with E-state index in [1.807, 2.05) is 24.6 Å². The quantitative estimate of drug-likeness (QED) is 0.696. The van der Waals surface area contributed by atoms with Crippen LogP contribution in [0.25, 0.3) is 0 Å². The first kappa shape index (κ1) is 16.6. The number of halogens is 1. The molecule has 0 saturated carbocycles. The highest BCUT2D eigenvalue weighted by Gasteiger charge is 2.13. The normalized spacial score (nSPS) is 10.8. The summed E-state index contributed by atoms with van der Waals surface area (Å²) in [6, 6.07) is 8.78. The van der Waals surface area contributed by atoms with Crippen molar-refractivity contribution >= 4 is 35.0 Å². The van der Waals surface area contributed by atoms with Gasteiger partial charge in [-0.2, -0.15) is 0 Å². The van der Waals surface area contributed by atoms with Gasteiger partial charge in [-0.15, -0.1) is 10.2 Å². The summed E-state index contributed by atoms with van der Waals surface area (Å²) in [5, 5.41) is 12.0. The van der Waals surface area contributed by atoms with Crippen molar-refractivity contribution < 1.29 is 9.21 Å². The molecule has 0 fully saturated rings. The second-order valence-electron chi connectivity index (χ2n) is 5.19. The Morgan fingerprint density at radius 1 is 1.38 bits per heavy atom. The van der Waals surface area contributed by atoms with E-state index in [1.54, 1.807) is 30.6 Å². The highest BCUT2D eigenvalue weighted by molar-refractivity contribution is 7.98. The van der Waals surface area contributed by atoms with Crippen LogP contribution < -0.4 is 5.32 Å². The van der Waals surface area contributed by atoms with Gasteiger partial charge in [0, 0.05) is 17.8 Å². The van der Waals surface area contributed by atoms with Crippen LogP contribution in [0, 0.1) is 6.92 Å². The van der Waals surface area contributed by atoms with Gasteiger partial charge in [0.1, 0.15) is 12.1 Å². The minimum Gasteiger partial charge on any atom is -0.455 e. The van der Waals surface area contributed by atoms with Gasteiger partial charge in [0.05, 0.1) is 5.75 Å². The number of aromatic nitrogens is 3. The molecule has 0 bridgehead atoms. The Morgan fingerprint density at radius 2 is 2.21 bits per heavy atom. The Balaban J connectivity index is 1.65. The van der Waals surface area contributed by atoms with Crippen LogP contribution in [-0.2, 0) is 12.8 Å². The van der Waals surface area contributed by atoms with Gasteiger partial charge in [-0.1, -0.05) is 29.4 Å². The SMILES string of the molecule is Cc1ccc(Cl)cc1NC(=O)c1ccc(CSc2nncn2C)o1. The van der Waals surface area contributed by atoms with Gasteiger partial charge in [-0.05, 0) is 36.8 Å². The van der Waals surface area contributed by atoms with Gasteiger partial charge in [0.25, 0.3) is 5.91 Å². The highest BCUT2D eigenvalue weighted by Crippen LogP contribution is 2.23. The molecule has 0 aliphatic carbocycles. The molecule has 2 aromatic heterocycles. The van der Waals surface area contributed by atoms with E-state index in [2.05, 4.69) is 15.5 Å². The minimum atomic E-state index is -0.310. The molecule has 1 N–H and O–H groups in total. The molecule has 0 radical (unpaired) electrons. The Morgan fingerprint density at radius 3 is 2.96 bits per heavy atom. The number of aryl methyl sites for hydroxylation is 2. The number of amides is 1. The van der Waals surface area contributed by atoms with E-state index >= 15 is 0 Å². The molecule has 8 heteroatoms. The third-order valence-electron chi connectivity index (χ3n) is 3.35. The molecule has 0 saturated heterocycles. The van der Waals surface area contributed by atoms with E-state index in [4.69, 9.17) is 16.0 Å². The van der Waals surface area contributed by atoms with Crippen LogP contribution >= 0.6 is 23.4 Å². The monoisotopic (exact) mass is 362 g/mol. The van der Waals surface area contributed by atoms with Gasteiger partial charge >= 0.3 is 0 Å². The number of nitrogens with zero attached hydrogens (tertiary/aromatic N) is 3. The molecule has 0 atom stereocenters. The Hall–Kier alpha value is -2.25. The van der Waals surface area contributed by atoms with E-state index in [-0.39, 0.29) is 11.7 Å². The standard InChI is InChI=1S/C16H15ClN4O2S/c1-10-3-4-11(17)7-13(10)19-15(22)14-6-5-12(23-14)8-24-16-20-18-9-21(16)2/h3-7,9H,8H2,1-2H3,(H,19,22). The number of rotatable bonds is 5. The molecule has 2 heterocycles. The summed E-state index contributed by atoms with van der Waals surface area (Å²) in [4.78, 5) is 12.3. The van der Waals surface area contributed by atoms with E-state index in [0.717, 1.165) is 10.7 Å². The lowest BCUT2D eigenvalue weighted by molar-refractivity contribution is 0.0995. The van der Waals surface area contributed by atoms with Crippen molar-refractivity contribution in [3.8, 4) is 0 Å². The van der Waals surface area contributed by atoms with Crippen molar-refractivity contribution in [2.24, 2.45) is 7.05 Å². The number of anilines is 1. The minimum absolute atomic E-state index is 0.253. The zero-order chi connectivity index (χ0) is 17.1. The van der Waals surface area contributed by atoms with E-state index < -0.39 is 0 Å². The second-order valence-corrected chi connectivity index (χ2v) is 6.57. The fourth-order valence-electron chi connectivity index (χ4n) is 2.03. The maximum Gasteiger partial charge on any atom is 0.291 e. The number of hydrogen-bond donors (Lipinski definition) is 1.